The summed E-state index contributed by atoms with van der Waals surface area (Å²) in [4.78, 5) is 15.7. The van der Waals surface area contributed by atoms with Crippen molar-refractivity contribution in [2.75, 3.05) is 18.9 Å². The van der Waals surface area contributed by atoms with Gasteiger partial charge in [-0.3, -0.25) is 4.57 Å². The van der Waals surface area contributed by atoms with Crippen LogP contribution < -0.4 is 11.4 Å². The number of nitrogens with two attached hydrogens (primary N) is 1. The molecule has 1 unspecified atom stereocenters. The fourth-order valence-corrected chi connectivity index (χ4v) is 4.78. The summed E-state index contributed by atoms with van der Waals surface area (Å²) in [6.07, 6.45) is -3.05. The van der Waals surface area contributed by atoms with Crippen molar-refractivity contribution in [3.63, 3.8) is 0 Å². The quantitative estimate of drug-likeness (QED) is 0.348. The van der Waals surface area contributed by atoms with E-state index < -0.39 is 38.8 Å². The van der Waals surface area contributed by atoms with Crippen LogP contribution in [0, 0.1) is 11.3 Å². The van der Waals surface area contributed by atoms with Crippen molar-refractivity contribution >= 4 is 14.3 Å². The molecule has 11 nitrogen and oxygen atoms in total. The summed E-state index contributed by atoms with van der Waals surface area (Å²) in [5, 5.41) is 29.6. The van der Waals surface area contributed by atoms with E-state index in [9.17, 15) is 15.0 Å². The Hall–Kier alpha value is -1.64. The van der Waals surface area contributed by atoms with Gasteiger partial charge in [0, 0.05) is 18.3 Å². The summed E-state index contributed by atoms with van der Waals surface area (Å²) >= 11 is 0. The second-order valence-corrected chi connectivity index (χ2v) is 8.88. The van der Waals surface area contributed by atoms with Gasteiger partial charge in [0.2, 0.25) is 0 Å². The Morgan fingerprint density at radius 1 is 1.33 bits per heavy atom. The third-order valence-electron chi connectivity index (χ3n) is 4.47. The van der Waals surface area contributed by atoms with E-state index in [0.29, 0.717) is 0 Å². The minimum Gasteiger partial charge on any atom is -0.387 e. The predicted octanol–water partition coefficient (Wildman–Crippen LogP) is 0.737. The van der Waals surface area contributed by atoms with Gasteiger partial charge in [-0.25, -0.2) is 9.46 Å². The van der Waals surface area contributed by atoms with Crippen molar-refractivity contribution < 1.29 is 24.0 Å². The van der Waals surface area contributed by atoms with Gasteiger partial charge in [-0.15, -0.1) is 0 Å². The molecule has 1 fully saturated rings. The van der Waals surface area contributed by atoms with E-state index in [-0.39, 0.29) is 37.5 Å². The summed E-state index contributed by atoms with van der Waals surface area (Å²) < 4.78 is 20.6. The van der Waals surface area contributed by atoms with Gasteiger partial charge in [-0.1, -0.05) is 0 Å². The van der Waals surface area contributed by atoms with E-state index in [4.69, 9.17) is 24.8 Å². The molecule has 0 bridgehead atoms. The molecule has 4 N–H and O–H groups in total. The molecule has 1 aromatic rings. The van der Waals surface area contributed by atoms with Gasteiger partial charge in [0.15, 0.2) is 6.23 Å². The molecule has 1 aromatic heterocycles. The lowest BCUT2D eigenvalue weighted by molar-refractivity contribution is -0.0530. The number of nitrogens with zero attached hydrogens (tertiary/aromatic N) is 4. The van der Waals surface area contributed by atoms with Crippen molar-refractivity contribution in [3.05, 3.63) is 22.7 Å². The molecule has 0 aromatic carbocycles. The maximum atomic E-state index is 12.1. The highest BCUT2D eigenvalue weighted by atomic mass is 31.2. The molecule has 5 atom stereocenters. The zero-order valence-electron chi connectivity index (χ0n) is 17.6. The van der Waals surface area contributed by atoms with Crippen molar-refractivity contribution in [2.24, 2.45) is 0 Å². The van der Waals surface area contributed by atoms with Gasteiger partial charge in [0.1, 0.15) is 24.1 Å². The SMILES string of the molecule is CC(C)N(C(C)C)P(OCCC#N)OC[C@H]1O[C@@H](n2ccc(N)nc2=O)[C@H](O)[C@@H]1O. The summed E-state index contributed by atoms with van der Waals surface area (Å²) in [6, 6.07) is 3.66. The third kappa shape index (κ3) is 5.95. The standard InChI is InChI=1S/C18H30N5O6P/c1-11(2)23(12(3)4)30(27-9-5-7-19)28-10-13-15(24)16(25)17(29-13)22-8-6-14(20)21-18(22)26/h6,8,11-13,15-17,24-25H,5,9-10H2,1-4H3,(H2,20,21,26)/t13-,15-,16-,17-,30?/m1/s1. The molecule has 0 aliphatic carbocycles. The molecule has 30 heavy (non-hydrogen) atoms. The van der Waals surface area contributed by atoms with Gasteiger partial charge in [0.25, 0.3) is 8.53 Å². The zero-order chi connectivity index (χ0) is 22.4. The first-order valence-corrected chi connectivity index (χ1v) is 10.9. The van der Waals surface area contributed by atoms with E-state index in [2.05, 4.69) is 4.98 Å². The Kier molecular flexibility index (Phi) is 9.12. The number of nitriles is 1. The van der Waals surface area contributed by atoms with Crippen molar-refractivity contribution in [3.8, 4) is 6.07 Å². The average Bonchev–Trinajstić information content (AvgIpc) is 2.94. The summed E-state index contributed by atoms with van der Waals surface area (Å²) in [7, 11) is -1.53. The maximum Gasteiger partial charge on any atom is 0.351 e. The van der Waals surface area contributed by atoms with Crippen LogP contribution in [0.25, 0.3) is 0 Å². The minimum atomic E-state index is -1.53. The molecule has 1 saturated heterocycles. The lowest BCUT2D eigenvalue weighted by Crippen LogP contribution is -2.37. The third-order valence-corrected chi connectivity index (χ3v) is 6.55. The van der Waals surface area contributed by atoms with Crippen LogP contribution in [0.5, 0.6) is 0 Å². The average molecular weight is 443 g/mol. The minimum absolute atomic E-state index is 0.0480. The Morgan fingerprint density at radius 3 is 2.57 bits per heavy atom. The van der Waals surface area contributed by atoms with Crippen LogP contribution in [0.2, 0.25) is 0 Å². The molecule has 0 radical (unpaired) electrons. The monoisotopic (exact) mass is 443 g/mol. The number of hydrogen-bond donors (Lipinski definition) is 3. The van der Waals surface area contributed by atoms with Crippen LogP contribution in [0.3, 0.4) is 0 Å². The zero-order valence-corrected chi connectivity index (χ0v) is 18.5. The Bertz CT molecular complexity index is 777. The molecule has 0 amide bonds. The Balaban J connectivity index is 2.10. The molecule has 0 spiro atoms. The number of rotatable bonds is 10. The fraction of sp³-hybridized carbons (Fsp3) is 0.722. The topological polar surface area (TPSA) is 156 Å². The van der Waals surface area contributed by atoms with E-state index in [1.54, 1.807) is 0 Å². The van der Waals surface area contributed by atoms with Gasteiger partial charge in [-0.2, -0.15) is 10.2 Å². The van der Waals surface area contributed by atoms with Crippen LogP contribution in [-0.4, -0.2) is 68.0 Å². The van der Waals surface area contributed by atoms with Gasteiger partial charge < -0.3 is 29.7 Å². The number of nitrogen functional groups attached to an aromatic ring is 1. The summed E-state index contributed by atoms with van der Waals surface area (Å²) in [6.45, 7) is 8.17. The lowest BCUT2D eigenvalue weighted by Gasteiger charge is -2.36. The normalized spacial score (nSPS) is 25.2. The maximum absolute atomic E-state index is 12.1. The van der Waals surface area contributed by atoms with E-state index in [0.717, 1.165) is 4.57 Å². The van der Waals surface area contributed by atoms with Crippen molar-refractivity contribution in [1.82, 2.24) is 14.2 Å². The van der Waals surface area contributed by atoms with Crippen LogP contribution in [0.15, 0.2) is 17.1 Å². The Labute approximate surface area is 176 Å². The van der Waals surface area contributed by atoms with E-state index >= 15 is 0 Å². The molecule has 0 saturated carbocycles. The number of aromatic nitrogens is 2. The molecular formula is C18H30N5O6P. The molecule has 168 valence electrons. The van der Waals surface area contributed by atoms with Crippen LogP contribution in [-0.2, 0) is 13.8 Å². The first-order valence-electron chi connectivity index (χ1n) is 9.74. The van der Waals surface area contributed by atoms with Crippen LogP contribution in [0.1, 0.15) is 40.3 Å². The fourth-order valence-electron chi connectivity index (χ4n) is 3.17. The van der Waals surface area contributed by atoms with Gasteiger partial charge in [-0.05, 0) is 33.8 Å². The van der Waals surface area contributed by atoms with Gasteiger partial charge in [0.05, 0.1) is 25.7 Å². The second kappa shape index (κ2) is 11.1. The number of hydrogen-bond acceptors (Lipinski definition) is 10. The van der Waals surface area contributed by atoms with E-state index in [1.165, 1.54) is 12.3 Å². The van der Waals surface area contributed by atoms with Gasteiger partial charge >= 0.3 is 5.69 Å². The Morgan fingerprint density at radius 2 is 2.00 bits per heavy atom. The molecule has 2 rings (SSSR count). The van der Waals surface area contributed by atoms with Crippen LogP contribution in [0.4, 0.5) is 5.82 Å². The largest absolute Gasteiger partial charge is 0.387 e. The molecule has 1 aliphatic rings. The molecule has 12 heteroatoms. The van der Waals surface area contributed by atoms with Crippen molar-refractivity contribution in [1.29, 1.82) is 5.26 Å². The molecule has 1 aliphatic heterocycles. The van der Waals surface area contributed by atoms with Crippen LogP contribution >= 0.6 is 8.53 Å². The van der Waals surface area contributed by atoms with E-state index in [1.807, 2.05) is 38.4 Å². The lowest BCUT2D eigenvalue weighted by atomic mass is 10.1. The summed E-state index contributed by atoms with van der Waals surface area (Å²) in [5.74, 6) is 0.0480. The number of anilines is 1. The first kappa shape index (κ1) is 24.6. The number of aliphatic hydroxyl groups is 2. The van der Waals surface area contributed by atoms with Crippen molar-refractivity contribution in [2.45, 2.75) is 70.7 Å². The predicted molar refractivity (Wildman–Crippen MR) is 110 cm³/mol. The highest BCUT2D eigenvalue weighted by Crippen LogP contribution is 2.46. The first-order chi connectivity index (χ1) is 14.2. The highest BCUT2D eigenvalue weighted by Gasteiger charge is 2.45. The highest BCUT2D eigenvalue weighted by molar-refractivity contribution is 7.44. The molecular weight excluding hydrogens is 413 g/mol. The smallest absolute Gasteiger partial charge is 0.351 e. The second-order valence-electron chi connectivity index (χ2n) is 7.43. The number of ether oxygens (including phenoxy) is 1. The number of aliphatic hydroxyl groups excluding tert-OH is 2. The summed E-state index contributed by atoms with van der Waals surface area (Å²) in [5.41, 5.74) is 4.80. The molecule has 2 heterocycles.